The van der Waals surface area contributed by atoms with E-state index in [1.807, 2.05) is 0 Å². The van der Waals surface area contributed by atoms with E-state index in [1.165, 1.54) is 43.5 Å². The highest BCUT2D eigenvalue weighted by Crippen LogP contribution is 2.42. The van der Waals surface area contributed by atoms with Crippen molar-refractivity contribution in [1.82, 2.24) is 5.01 Å². The molecule has 136 valence electrons. The maximum atomic E-state index is 13.6. The number of halogens is 3. The van der Waals surface area contributed by atoms with E-state index in [1.54, 1.807) is 18.2 Å². The maximum absolute atomic E-state index is 13.6. The molecule has 1 aliphatic heterocycles. The van der Waals surface area contributed by atoms with Crippen LogP contribution < -0.4 is 4.74 Å². The molecule has 0 unspecified atom stereocenters. The SMILES string of the molecule is COc1cccc(C2=NN(C(=O)c3ccccc3)[C@](O)(C(F)(F)F)C2)c1. The number of amides is 1. The van der Waals surface area contributed by atoms with Gasteiger partial charge in [0.1, 0.15) is 5.75 Å². The lowest BCUT2D eigenvalue weighted by atomic mass is 10.0. The topological polar surface area (TPSA) is 62.1 Å². The number of benzene rings is 2. The number of hydrogen-bond acceptors (Lipinski definition) is 4. The molecule has 0 bridgehead atoms. The number of hydrazone groups is 1. The Labute approximate surface area is 147 Å². The summed E-state index contributed by atoms with van der Waals surface area (Å²) < 4.78 is 45.7. The van der Waals surface area contributed by atoms with Gasteiger partial charge in [-0.05, 0) is 24.3 Å². The van der Waals surface area contributed by atoms with Crippen molar-refractivity contribution >= 4 is 11.6 Å². The van der Waals surface area contributed by atoms with Gasteiger partial charge >= 0.3 is 6.18 Å². The molecule has 1 heterocycles. The zero-order valence-corrected chi connectivity index (χ0v) is 13.7. The first-order valence-corrected chi connectivity index (χ1v) is 7.67. The molecule has 0 aliphatic carbocycles. The van der Waals surface area contributed by atoms with Crippen LogP contribution in [0.5, 0.6) is 5.75 Å². The minimum atomic E-state index is -5.08. The second kappa shape index (κ2) is 6.45. The summed E-state index contributed by atoms with van der Waals surface area (Å²) in [4.78, 5) is 12.5. The van der Waals surface area contributed by atoms with Crippen molar-refractivity contribution in [3.05, 3.63) is 65.7 Å². The predicted octanol–water partition coefficient (Wildman–Crippen LogP) is 3.20. The van der Waals surface area contributed by atoms with Gasteiger partial charge in [0, 0.05) is 11.1 Å². The lowest BCUT2D eigenvalue weighted by Crippen LogP contribution is -2.56. The van der Waals surface area contributed by atoms with Crippen LogP contribution >= 0.6 is 0 Å². The summed E-state index contributed by atoms with van der Waals surface area (Å²) in [6.45, 7) is 0. The van der Waals surface area contributed by atoms with E-state index >= 15 is 0 Å². The van der Waals surface area contributed by atoms with Gasteiger partial charge < -0.3 is 9.84 Å². The Balaban J connectivity index is 2.05. The van der Waals surface area contributed by atoms with Gasteiger partial charge in [-0.1, -0.05) is 30.3 Å². The molecule has 0 aromatic heterocycles. The lowest BCUT2D eigenvalue weighted by Gasteiger charge is -2.32. The first-order valence-electron chi connectivity index (χ1n) is 7.67. The van der Waals surface area contributed by atoms with E-state index in [9.17, 15) is 23.1 Å². The number of rotatable bonds is 3. The van der Waals surface area contributed by atoms with Crippen LogP contribution in [0.25, 0.3) is 0 Å². The van der Waals surface area contributed by atoms with Gasteiger partial charge in [-0.15, -0.1) is 0 Å². The van der Waals surface area contributed by atoms with Gasteiger partial charge in [0.15, 0.2) is 0 Å². The highest BCUT2D eigenvalue weighted by Gasteiger charge is 2.63. The molecule has 2 aromatic carbocycles. The Kier molecular flexibility index (Phi) is 4.45. The number of aliphatic hydroxyl groups is 1. The van der Waals surface area contributed by atoms with Gasteiger partial charge in [0.05, 0.1) is 19.2 Å². The number of methoxy groups -OCH3 is 1. The molecule has 1 amide bonds. The zero-order valence-electron chi connectivity index (χ0n) is 13.7. The van der Waals surface area contributed by atoms with Crippen molar-refractivity contribution in [1.29, 1.82) is 0 Å². The average molecular weight is 364 g/mol. The highest BCUT2D eigenvalue weighted by atomic mass is 19.4. The van der Waals surface area contributed by atoms with Crippen LogP contribution in [0.2, 0.25) is 0 Å². The zero-order chi connectivity index (χ0) is 18.9. The molecule has 5 nitrogen and oxygen atoms in total. The molecule has 26 heavy (non-hydrogen) atoms. The van der Waals surface area contributed by atoms with Crippen molar-refractivity contribution in [2.24, 2.45) is 5.10 Å². The van der Waals surface area contributed by atoms with Crippen LogP contribution in [0.15, 0.2) is 59.7 Å². The first-order chi connectivity index (χ1) is 12.3. The molecule has 0 spiro atoms. The summed E-state index contributed by atoms with van der Waals surface area (Å²) in [6.07, 6.45) is -5.95. The summed E-state index contributed by atoms with van der Waals surface area (Å²) in [6, 6.07) is 13.6. The molecule has 8 heteroatoms. The monoisotopic (exact) mass is 364 g/mol. The van der Waals surface area contributed by atoms with E-state index < -0.39 is 24.2 Å². The third-order valence-electron chi connectivity index (χ3n) is 4.06. The summed E-state index contributed by atoms with van der Waals surface area (Å²) in [5.74, 6) is -0.614. The number of ether oxygens (including phenoxy) is 1. The van der Waals surface area contributed by atoms with Crippen LogP contribution in [0.3, 0.4) is 0 Å². The highest BCUT2D eigenvalue weighted by molar-refractivity contribution is 6.05. The molecule has 0 saturated carbocycles. The molecule has 0 fully saturated rings. The Morgan fingerprint density at radius 1 is 1.19 bits per heavy atom. The molecule has 0 radical (unpaired) electrons. The van der Waals surface area contributed by atoms with E-state index in [0.29, 0.717) is 11.3 Å². The number of carbonyl (C=O) groups excluding carboxylic acids is 1. The van der Waals surface area contributed by atoms with Gasteiger partial charge in [0.25, 0.3) is 11.6 Å². The maximum Gasteiger partial charge on any atom is 0.438 e. The number of nitrogens with zero attached hydrogens (tertiary/aromatic N) is 2. The largest absolute Gasteiger partial charge is 0.497 e. The van der Waals surface area contributed by atoms with Gasteiger partial charge in [-0.3, -0.25) is 4.79 Å². The summed E-state index contributed by atoms with van der Waals surface area (Å²) in [7, 11) is 1.42. The smallest absolute Gasteiger partial charge is 0.438 e. The minimum Gasteiger partial charge on any atom is -0.497 e. The Morgan fingerprint density at radius 3 is 2.50 bits per heavy atom. The Hall–Kier alpha value is -2.87. The molecule has 0 saturated heterocycles. The standard InChI is InChI=1S/C18H15F3N2O3/c1-26-14-9-5-8-13(10-14)15-11-17(25,18(19,20)21)23(22-15)16(24)12-6-3-2-4-7-12/h2-10,25H,11H2,1H3/t17-/m1/s1. The Bertz CT molecular complexity index is 852. The van der Waals surface area contributed by atoms with Crippen molar-refractivity contribution in [3.63, 3.8) is 0 Å². The fourth-order valence-electron chi connectivity index (χ4n) is 2.65. The predicted molar refractivity (Wildman–Crippen MR) is 87.8 cm³/mol. The van der Waals surface area contributed by atoms with Crippen molar-refractivity contribution in [2.75, 3.05) is 7.11 Å². The third kappa shape index (κ3) is 3.03. The van der Waals surface area contributed by atoms with Crippen LogP contribution in [0, 0.1) is 0 Å². The van der Waals surface area contributed by atoms with E-state index in [2.05, 4.69) is 5.10 Å². The summed E-state index contributed by atoms with van der Waals surface area (Å²) in [5.41, 5.74) is -3.16. The molecule has 1 atom stereocenters. The minimum absolute atomic E-state index is 0.00850. The number of carbonyl (C=O) groups is 1. The van der Waals surface area contributed by atoms with Crippen molar-refractivity contribution in [2.45, 2.75) is 18.3 Å². The lowest BCUT2D eigenvalue weighted by molar-refractivity contribution is -0.297. The third-order valence-corrected chi connectivity index (χ3v) is 4.06. The molecule has 1 N–H and O–H groups in total. The van der Waals surface area contributed by atoms with E-state index in [-0.39, 0.29) is 16.3 Å². The van der Waals surface area contributed by atoms with Crippen molar-refractivity contribution in [3.8, 4) is 5.75 Å². The molecule has 3 rings (SSSR count). The van der Waals surface area contributed by atoms with Crippen LogP contribution in [-0.2, 0) is 0 Å². The second-order valence-corrected chi connectivity index (χ2v) is 5.75. The van der Waals surface area contributed by atoms with Crippen molar-refractivity contribution < 1.29 is 27.8 Å². The summed E-state index contributed by atoms with van der Waals surface area (Å²) >= 11 is 0. The second-order valence-electron chi connectivity index (χ2n) is 5.75. The normalized spacial score (nSPS) is 20.0. The van der Waals surface area contributed by atoms with E-state index in [0.717, 1.165) is 0 Å². The molecular weight excluding hydrogens is 349 g/mol. The number of hydrogen-bond donors (Lipinski definition) is 1. The molecular formula is C18H15F3N2O3. The molecule has 1 aliphatic rings. The van der Waals surface area contributed by atoms with Gasteiger partial charge in [0.2, 0.25) is 0 Å². The fourth-order valence-corrected chi connectivity index (χ4v) is 2.65. The molecule has 2 aromatic rings. The van der Waals surface area contributed by atoms with Crippen LogP contribution in [0.4, 0.5) is 13.2 Å². The van der Waals surface area contributed by atoms with Crippen LogP contribution in [-0.4, -0.2) is 40.7 Å². The Morgan fingerprint density at radius 2 is 1.88 bits per heavy atom. The fraction of sp³-hybridized carbons (Fsp3) is 0.222. The van der Waals surface area contributed by atoms with Crippen LogP contribution in [0.1, 0.15) is 22.3 Å². The summed E-state index contributed by atoms with van der Waals surface area (Å²) in [5, 5.41) is 14.2. The van der Waals surface area contributed by atoms with Gasteiger partial charge in [-0.25, -0.2) is 0 Å². The average Bonchev–Trinajstić information content (AvgIpc) is 3.01. The van der Waals surface area contributed by atoms with Gasteiger partial charge in [-0.2, -0.15) is 23.3 Å². The quantitative estimate of drug-likeness (QED) is 0.910. The number of alkyl halides is 3. The van der Waals surface area contributed by atoms with E-state index in [4.69, 9.17) is 4.74 Å². The first kappa shape index (κ1) is 17.9.